The van der Waals surface area contributed by atoms with Crippen LogP contribution in [0, 0.1) is 11.6 Å². The second-order valence-electron chi connectivity index (χ2n) is 21.4. The molecular formula is C80H58F2O12. The van der Waals surface area contributed by atoms with Crippen LogP contribution in [0.5, 0.6) is 74.7 Å². The lowest BCUT2D eigenvalue weighted by molar-refractivity contribution is 0.103. The maximum absolute atomic E-state index is 13.1. The van der Waals surface area contributed by atoms with Crippen LogP contribution in [0.2, 0.25) is 0 Å². The summed E-state index contributed by atoms with van der Waals surface area (Å²) >= 11 is 0. The van der Waals surface area contributed by atoms with Crippen molar-refractivity contribution in [1.82, 2.24) is 0 Å². The van der Waals surface area contributed by atoms with Crippen LogP contribution >= 0.6 is 0 Å². The minimum Gasteiger partial charge on any atom is -0.508 e. The molecule has 0 spiro atoms. The molecule has 5 aliphatic heterocycles. The molecule has 94 heavy (non-hydrogen) atoms. The first-order chi connectivity index (χ1) is 45.8. The second-order valence-corrected chi connectivity index (χ2v) is 21.4. The van der Waals surface area contributed by atoms with E-state index in [9.17, 15) is 38.2 Å². The molecule has 17 rings (SSSR count). The molecule has 0 amide bonds. The zero-order valence-electron chi connectivity index (χ0n) is 50.3. The van der Waals surface area contributed by atoms with E-state index in [0.29, 0.717) is 103 Å². The SMILES string of the molecule is O=C(c1ccc(F)cc1)c1ccc(Oc2ccc(Oc3ccc(C(=O)c4ccc(F)cc4)cc3)cc2)cc1.O=C(c1ccc(Oc2ccc(O)cc2)cc1)c1ccc(Oc2ccc(O)cc2)cc1.O=C1c2ccc(cc2)CCCCOc2ccc(cc2)Oc2ccc1cc2. The summed E-state index contributed by atoms with van der Waals surface area (Å²) in [5.74, 6) is 5.98. The Bertz CT molecular complexity index is 4270. The van der Waals surface area contributed by atoms with Crippen molar-refractivity contribution in [3.05, 3.63) is 353 Å². The number of benzene rings is 12. The molecule has 0 radical (unpaired) electrons. The zero-order valence-corrected chi connectivity index (χ0v) is 50.3. The fourth-order valence-electron chi connectivity index (χ4n) is 9.57. The molecule has 12 aromatic rings. The zero-order chi connectivity index (χ0) is 65.2. The van der Waals surface area contributed by atoms with E-state index in [1.165, 1.54) is 54.1 Å². The maximum atomic E-state index is 13.1. The van der Waals surface area contributed by atoms with E-state index in [4.69, 9.17) is 28.4 Å². The van der Waals surface area contributed by atoms with Crippen LogP contribution in [0.4, 0.5) is 8.78 Å². The van der Waals surface area contributed by atoms with Crippen LogP contribution in [-0.4, -0.2) is 40.0 Å². The van der Waals surface area contributed by atoms with Gasteiger partial charge in [-0.25, -0.2) is 8.78 Å². The van der Waals surface area contributed by atoms with E-state index in [2.05, 4.69) is 0 Å². The van der Waals surface area contributed by atoms with Gasteiger partial charge in [-0.3, -0.25) is 19.2 Å². The molecule has 0 saturated heterocycles. The number of ketones is 4. The summed E-state index contributed by atoms with van der Waals surface area (Å²) in [5.41, 5.74) is 5.45. The molecular weight excluding hydrogens is 1190 g/mol. The average molecular weight is 1250 g/mol. The van der Waals surface area contributed by atoms with Gasteiger partial charge in [0.25, 0.3) is 0 Å². The summed E-state index contributed by atoms with van der Waals surface area (Å²) in [7, 11) is 0. The van der Waals surface area contributed by atoms with Crippen molar-refractivity contribution in [2.24, 2.45) is 0 Å². The smallest absolute Gasteiger partial charge is 0.193 e. The molecule has 464 valence electrons. The van der Waals surface area contributed by atoms with Gasteiger partial charge >= 0.3 is 0 Å². The van der Waals surface area contributed by atoms with Gasteiger partial charge in [0, 0.05) is 44.5 Å². The van der Waals surface area contributed by atoms with Crippen LogP contribution in [-0.2, 0) is 6.42 Å². The molecule has 12 aromatic carbocycles. The summed E-state index contributed by atoms with van der Waals surface area (Å²) in [6.45, 7) is 0.692. The van der Waals surface area contributed by atoms with Crippen LogP contribution in [0.3, 0.4) is 0 Å². The Morgan fingerprint density at radius 2 is 0.564 bits per heavy atom. The average Bonchev–Trinajstić information content (AvgIpc) is 1.15. The third-order valence-electron chi connectivity index (χ3n) is 14.6. The van der Waals surface area contributed by atoms with Gasteiger partial charge in [-0.05, 0) is 292 Å². The van der Waals surface area contributed by atoms with Crippen molar-refractivity contribution in [2.75, 3.05) is 6.61 Å². The highest BCUT2D eigenvalue weighted by Crippen LogP contribution is 2.31. The van der Waals surface area contributed by atoms with Gasteiger partial charge in [0.1, 0.15) is 86.4 Å². The molecule has 5 aliphatic rings. The summed E-state index contributed by atoms with van der Waals surface area (Å²) < 4.78 is 60.9. The van der Waals surface area contributed by atoms with E-state index in [1.54, 1.807) is 182 Å². The first-order valence-electron chi connectivity index (χ1n) is 29.9. The Hall–Kier alpha value is -12.4. The number of ether oxygens (including phenoxy) is 6. The normalized spacial score (nSPS) is 11.5. The van der Waals surface area contributed by atoms with Gasteiger partial charge in [-0.2, -0.15) is 0 Å². The summed E-state index contributed by atoms with van der Waals surface area (Å²) in [6, 6.07) is 80.5. The number of aryl methyl sites for hydroxylation is 1. The van der Waals surface area contributed by atoms with Crippen molar-refractivity contribution in [3.63, 3.8) is 0 Å². The Labute approximate surface area is 540 Å². The first kappa shape index (κ1) is 63.2. The van der Waals surface area contributed by atoms with Gasteiger partial charge in [0.2, 0.25) is 0 Å². The Balaban J connectivity index is 0.000000147. The lowest BCUT2D eigenvalue weighted by Gasteiger charge is -2.09. The van der Waals surface area contributed by atoms with Crippen LogP contribution in [0.1, 0.15) is 82.1 Å². The van der Waals surface area contributed by atoms with Crippen molar-refractivity contribution < 1.29 is 66.6 Å². The van der Waals surface area contributed by atoms with Gasteiger partial charge in [0.05, 0.1) is 6.61 Å². The number of fused-ring (bicyclic) bond motifs is 1. The number of phenols is 2. The summed E-state index contributed by atoms with van der Waals surface area (Å²) in [6.07, 6.45) is 3.03. The fourth-order valence-corrected chi connectivity index (χ4v) is 9.57. The molecule has 0 saturated carbocycles. The third-order valence-corrected chi connectivity index (χ3v) is 14.6. The van der Waals surface area contributed by atoms with Crippen molar-refractivity contribution in [3.8, 4) is 74.7 Å². The number of hydrogen-bond donors (Lipinski definition) is 2. The maximum Gasteiger partial charge on any atom is 0.193 e. The minimum absolute atomic E-state index is 0.0266. The predicted octanol–water partition coefficient (Wildman–Crippen LogP) is 19.3. The summed E-state index contributed by atoms with van der Waals surface area (Å²) in [4.78, 5) is 50.4. The highest BCUT2D eigenvalue weighted by molar-refractivity contribution is 6.11. The van der Waals surface area contributed by atoms with Gasteiger partial charge < -0.3 is 38.6 Å². The van der Waals surface area contributed by atoms with Crippen LogP contribution < -0.4 is 28.4 Å². The molecule has 14 heteroatoms. The molecule has 0 aromatic heterocycles. The number of hydrogen-bond acceptors (Lipinski definition) is 12. The number of halogens is 2. The molecule has 0 fully saturated rings. The number of carbonyl (C=O) groups excluding carboxylic acids is 4. The molecule has 0 atom stereocenters. The highest BCUT2D eigenvalue weighted by Gasteiger charge is 2.15. The first-order valence-corrected chi connectivity index (χ1v) is 29.9. The topological polar surface area (TPSA) is 164 Å². The lowest BCUT2D eigenvalue weighted by Crippen LogP contribution is -2.01. The number of phenolic OH excluding ortho intramolecular Hbond substituents is 2. The minimum atomic E-state index is -0.394. The van der Waals surface area contributed by atoms with E-state index >= 15 is 0 Å². The molecule has 12 nitrogen and oxygen atoms in total. The Kier molecular flexibility index (Phi) is 20.4. The van der Waals surface area contributed by atoms with Crippen LogP contribution in [0.25, 0.3) is 0 Å². The van der Waals surface area contributed by atoms with Crippen molar-refractivity contribution in [2.45, 2.75) is 19.3 Å². The molecule has 0 aliphatic carbocycles. The Morgan fingerprint density at radius 3 is 0.883 bits per heavy atom. The molecule has 0 unspecified atom stereocenters. The van der Waals surface area contributed by atoms with E-state index < -0.39 is 11.6 Å². The quantitative estimate of drug-likeness (QED) is 0.0992. The predicted molar refractivity (Wildman–Crippen MR) is 353 cm³/mol. The summed E-state index contributed by atoms with van der Waals surface area (Å²) in [5, 5.41) is 18.6. The Morgan fingerprint density at radius 1 is 0.309 bits per heavy atom. The monoisotopic (exact) mass is 1250 g/mol. The van der Waals surface area contributed by atoms with E-state index in [0.717, 1.165) is 30.8 Å². The van der Waals surface area contributed by atoms with E-state index in [1.807, 2.05) is 60.7 Å². The second kappa shape index (κ2) is 30.4. The third kappa shape index (κ3) is 17.5. The van der Waals surface area contributed by atoms with Gasteiger partial charge in [-0.15, -0.1) is 0 Å². The number of rotatable bonds is 14. The number of aromatic hydroxyl groups is 2. The molecule has 6 bridgehead atoms. The van der Waals surface area contributed by atoms with Crippen molar-refractivity contribution >= 4 is 23.1 Å². The van der Waals surface area contributed by atoms with Crippen molar-refractivity contribution in [1.29, 1.82) is 0 Å². The van der Waals surface area contributed by atoms with Gasteiger partial charge in [-0.1, -0.05) is 24.3 Å². The molecule has 5 heterocycles. The fraction of sp³-hybridized carbons (Fsp3) is 0.0500. The van der Waals surface area contributed by atoms with Gasteiger partial charge in [0.15, 0.2) is 23.1 Å². The lowest BCUT2D eigenvalue weighted by atomic mass is 10.0. The standard InChI is InChI=1S/C32H20F2O4.C25H18O5.C23H20O3/c33-25-9-1-21(2-10-25)31(35)23-5-13-27(14-6-23)37-29-17-19-30(20-18-29)38-28-15-7-24(8-16-28)32(36)22-3-11-26(34)12-4-22;26-19-5-13-23(14-6-19)29-21-9-1-17(2-10-21)25(28)18-3-11-22(12-4-18)30-24-15-7-20(27)8-16-24;24-23-18-6-4-17(5-7-18)3-1-2-16-25-20-12-14-22(15-13-20)26-21-10-8-19(23)9-11-21/h1-20H;1-16,26-27H;4-15H,1-3,16H2. The van der Waals surface area contributed by atoms with Crippen LogP contribution in [0.15, 0.2) is 291 Å². The molecule has 2 N–H and O–H groups in total. The van der Waals surface area contributed by atoms with E-state index in [-0.39, 0.29) is 34.6 Å². The number of carbonyl (C=O) groups is 4. The highest BCUT2D eigenvalue weighted by atomic mass is 19.1. The largest absolute Gasteiger partial charge is 0.508 e.